The maximum atomic E-state index is 13.1. The Morgan fingerprint density at radius 3 is 2.43 bits per heavy atom. The van der Waals surface area contributed by atoms with Gasteiger partial charge in [0, 0.05) is 0 Å². The Bertz CT molecular complexity index is 412. The third kappa shape index (κ3) is 1.91. The molecule has 1 nitrogen and oxygen atoms in total. The molecule has 0 saturated heterocycles. The molecule has 69 valence electrons. The van der Waals surface area contributed by atoms with Crippen molar-refractivity contribution >= 4 is 0 Å². The molecular formula is C12H8FO. The normalized spacial score (nSPS) is 9.79. The Balaban J connectivity index is 2.24. The monoisotopic (exact) mass is 187 g/mol. The van der Waals surface area contributed by atoms with Gasteiger partial charge in [0.05, 0.1) is 0 Å². The molecule has 2 aromatic carbocycles. The van der Waals surface area contributed by atoms with E-state index in [-0.39, 0.29) is 11.6 Å². The fourth-order valence-corrected chi connectivity index (χ4v) is 1.09. The van der Waals surface area contributed by atoms with Crippen LogP contribution in [0.4, 0.5) is 4.39 Å². The highest BCUT2D eigenvalue weighted by Crippen LogP contribution is 2.22. The van der Waals surface area contributed by atoms with Gasteiger partial charge in [0.15, 0.2) is 11.6 Å². The van der Waals surface area contributed by atoms with Crippen LogP contribution >= 0.6 is 0 Å². The molecule has 0 aliphatic carbocycles. The lowest BCUT2D eigenvalue weighted by atomic mass is 10.3. The second-order valence-electron chi connectivity index (χ2n) is 2.77. The SMILES string of the molecule is Fc1ccccc1Oc1cc[c]cc1. The fraction of sp³-hybridized carbons (Fsp3) is 0. The van der Waals surface area contributed by atoms with E-state index in [1.54, 1.807) is 42.5 Å². The fourth-order valence-electron chi connectivity index (χ4n) is 1.09. The van der Waals surface area contributed by atoms with Gasteiger partial charge in [-0.05, 0) is 30.3 Å². The third-order valence-electron chi connectivity index (χ3n) is 1.75. The molecule has 2 rings (SSSR count). The average Bonchev–Trinajstić information content (AvgIpc) is 2.23. The smallest absolute Gasteiger partial charge is 0.165 e. The summed E-state index contributed by atoms with van der Waals surface area (Å²) in [5.74, 6) is 0.480. The maximum Gasteiger partial charge on any atom is 0.165 e. The van der Waals surface area contributed by atoms with Gasteiger partial charge in [-0.1, -0.05) is 24.3 Å². The van der Waals surface area contributed by atoms with Gasteiger partial charge in [-0.2, -0.15) is 0 Å². The van der Waals surface area contributed by atoms with Gasteiger partial charge in [0.25, 0.3) is 0 Å². The van der Waals surface area contributed by atoms with Crippen LogP contribution in [0.3, 0.4) is 0 Å². The first-order valence-corrected chi connectivity index (χ1v) is 4.25. The number of halogens is 1. The van der Waals surface area contributed by atoms with Gasteiger partial charge in [-0.25, -0.2) is 4.39 Å². The first kappa shape index (κ1) is 8.75. The Kier molecular flexibility index (Phi) is 2.45. The summed E-state index contributed by atoms with van der Waals surface area (Å²) in [4.78, 5) is 0. The summed E-state index contributed by atoms with van der Waals surface area (Å²) in [5, 5.41) is 0. The molecule has 0 aromatic heterocycles. The summed E-state index contributed by atoms with van der Waals surface area (Å²) < 4.78 is 18.5. The number of hydrogen-bond donors (Lipinski definition) is 0. The van der Waals surface area contributed by atoms with Crippen LogP contribution in [-0.2, 0) is 0 Å². The van der Waals surface area contributed by atoms with Crippen LogP contribution in [-0.4, -0.2) is 0 Å². The molecule has 2 heteroatoms. The first-order valence-electron chi connectivity index (χ1n) is 4.25. The molecule has 0 fully saturated rings. The predicted octanol–water partition coefficient (Wildman–Crippen LogP) is 3.42. The zero-order valence-electron chi connectivity index (χ0n) is 7.41. The van der Waals surface area contributed by atoms with Crippen molar-refractivity contribution in [3.8, 4) is 11.5 Å². The van der Waals surface area contributed by atoms with Crippen molar-refractivity contribution < 1.29 is 9.13 Å². The number of ether oxygens (including phenoxy) is 1. The minimum absolute atomic E-state index is 0.235. The van der Waals surface area contributed by atoms with E-state index in [4.69, 9.17) is 4.74 Å². The molecule has 0 amide bonds. The van der Waals surface area contributed by atoms with Gasteiger partial charge in [-0.3, -0.25) is 0 Å². The average molecular weight is 187 g/mol. The van der Waals surface area contributed by atoms with E-state index in [2.05, 4.69) is 6.07 Å². The summed E-state index contributed by atoms with van der Waals surface area (Å²) in [5.41, 5.74) is 0. The van der Waals surface area contributed by atoms with Gasteiger partial charge < -0.3 is 4.74 Å². The Morgan fingerprint density at radius 2 is 1.71 bits per heavy atom. The van der Waals surface area contributed by atoms with Crippen molar-refractivity contribution in [3.05, 3.63) is 60.4 Å². The lowest BCUT2D eigenvalue weighted by Gasteiger charge is -2.05. The van der Waals surface area contributed by atoms with E-state index < -0.39 is 0 Å². The van der Waals surface area contributed by atoms with Crippen molar-refractivity contribution in [2.45, 2.75) is 0 Å². The van der Waals surface area contributed by atoms with Crippen LogP contribution in [0, 0.1) is 11.9 Å². The minimum Gasteiger partial charge on any atom is -0.454 e. The Labute approximate surface area is 81.8 Å². The Morgan fingerprint density at radius 1 is 1.00 bits per heavy atom. The van der Waals surface area contributed by atoms with Crippen LogP contribution in [0.15, 0.2) is 48.5 Å². The zero-order valence-corrected chi connectivity index (χ0v) is 7.41. The zero-order chi connectivity index (χ0) is 9.80. The first-order chi connectivity index (χ1) is 6.86. The summed E-state index contributed by atoms with van der Waals surface area (Å²) in [6, 6.07) is 16.1. The van der Waals surface area contributed by atoms with Crippen molar-refractivity contribution in [2.24, 2.45) is 0 Å². The standard InChI is InChI=1S/C12H8FO/c13-11-8-4-5-9-12(11)14-10-6-2-1-3-7-10/h2-9H. The second-order valence-corrected chi connectivity index (χ2v) is 2.77. The molecule has 14 heavy (non-hydrogen) atoms. The molecule has 0 heterocycles. The second kappa shape index (κ2) is 3.92. The summed E-state index contributed by atoms with van der Waals surface area (Å²) in [7, 11) is 0. The van der Waals surface area contributed by atoms with Crippen molar-refractivity contribution in [2.75, 3.05) is 0 Å². The third-order valence-corrected chi connectivity index (χ3v) is 1.75. The van der Waals surface area contributed by atoms with E-state index in [9.17, 15) is 4.39 Å². The van der Waals surface area contributed by atoms with Crippen LogP contribution < -0.4 is 4.74 Å². The topological polar surface area (TPSA) is 9.23 Å². The van der Waals surface area contributed by atoms with Crippen molar-refractivity contribution in [3.63, 3.8) is 0 Å². The summed E-state index contributed by atoms with van der Waals surface area (Å²) >= 11 is 0. The highest BCUT2D eigenvalue weighted by molar-refractivity contribution is 5.31. The van der Waals surface area contributed by atoms with Gasteiger partial charge >= 0.3 is 0 Å². The summed E-state index contributed by atoms with van der Waals surface area (Å²) in [6.07, 6.45) is 0. The molecule has 0 aliphatic heterocycles. The maximum absolute atomic E-state index is 13.1. The number of hydrogen-bond acceptors (Lipinski definition) is 1. The van der Waals surface area contributed by atoms with Crippen molar-refractivity contribution in [1.29, 1.82) is 0 Å². The molecule has 0 unspecified atom stereocenters. The lowest BCUT2D eigenvalue weighted by Crippen LogP contribution is -1.86. The van der Waals surface area contributed by atoms with Gasteiger partial charge in [0.1, 0.15) is 5.75 Å². The van der Waals surface area contributed by atoms with E-state index in [0.717, 1.165) is 0 Å². The highest BCUT2D eigenvalue weighted by atomic mass is 19.1. The lowest BCUT2D eigenvalue weighted by molar-refractivity contribution is 0.442. The van der Waals surface area contributed by atoms with E-state index in [1.165, 1.54) is 6.07 Å². The predicted molar refractivity (Wildman–Crippen MR) is 51.8 cm³/mol. The number of benzene rings is 2. The molecule has 0 saturated carbocycles. The molecule has 2 aromatic rings. The number of para-hydroxylation sites is 1. The largest absolute Gasteiger partial charge is 0.454 e. The van der Waals surface area contributed by atoms with Crippen molar-refractivity contribution in [1.82, 2.24) is 0 Å². The molecule has 0 N–H and O–H groups in total. The summed E-state index contributed by atoms with van der Waals surface area (Å²) in [6.45, 7) is 0. The number of rotatable bonds is 2. The van der Waals surface area contributed by atoms with E-state index >= 15 is 0 Å². The molecule has 1 radical (unpaired) electrons. The van der Waals surface area contributed by atoms with E-state index in [0.29, 0.717) is 5.75 Å². The highest BCUT2D eigenvalue weighted by Gasteiger charge is 2.01. The van der Waals surface area contributed by atoms with Crippen LogP contribution in [0.5, 0.6) is 11.5 Å². The quantitative estimate of drug-likeness (QED) is 0.700. The van der Waals surface area contributed by atoms with Gasteiger partial charge in [-0.15, -0.1) is 0 Å². The molecule has 0 spiro atoms. The minimum atomic E-state index is -0.361. The molecule has 0 bridgehead atoms. The molecular weight excluding hydrogens is 179 g/mol. The van der Waals surface area contributed by atoms with Gasteiger partial charge in [0.2, 0.25) is 0 Å². The molecule has 0 aliphatic rings. The molecule has 0 atom stereocenters. The van der Waals surface area contributed by atoms with Crippen LogP contribution in [0.1, 0.15) is 0 Å². The van der Waals surface area contributed by atoms with Crippen LogP contribution in [0.2, 0.25) is 0 Å². The van der Waals surface area contributed by atoms with E-state index in [1.807, 2.05) is 0 Å². The van der Waals surface area contributed by atoms with Crippen LogP contribution in [0.25, 0.3) is 0 Å². The Hall–Kier alpha value is -1.83.